The van der Waals surface area contributed by atoms with Crippen LogP contribution in [0.3, 0.4) is 0 Å². The molecule has 0 N–H and O–H groups in total. The predicted molar refractivity (Wildman–Crippen MR) is 173 cm³/mol. The third-order valence-corrected chi connectivity index (χ3v) is 8.76. The first-order valence-electron chi connectivity index (χ1n) is 13.7. The SMILES string of the molecule is CN1C(=CC2=[N+](C)c3ccc4ccccc4c3C2(C)C)C(C)(C)c2c1ccc1ccccc21.COS(=O)[O-].CSOO[O-].[Y]. The minimum atomic E-state index is -2.32. The van der Waals surface area contributed by atoms with E-state index in [0.29, 0.717) is 0 Å². The third kappa shape index (κ3) is 6.89. The summed E-state index contributed by atoms with van der Waals surface area (Å²) < 4.78 is 28.1. The van der Waals surface area contributed by atoms with E-state index in [0.717, 1.165) is 19.2 Å². The predicted octanol–water partition coefficient (Wildman–Crippen LogP) is 6.22. The van der Waals surface area contributed by atoms with Crippen molar-refractivity contribution in [2.24, 2.45) is 0 Å². The number of hydrogen-bond donors (Lipinski definition) is 0. The van der Waals surface area contributed by atoms with Gasteiger partial charge >= 0.3 is 0 Å². The van der Waals surface area contributed by atoms with Crippen molar-refractivity contribution in [3.05, 3.63) is 95.7 Å². The fourth-order valence-corrected chi connectivity index (χ4v) is 6.51. The van der Waals surface area contributed by atoms with Gasteiger partial charge in [-0.2, -0.15) is 8.91 Å². The number of nitrogens with zero attached hydrogens (tertiary/aromatic N) is 2. The van der Waals surface area contributed by atoms with Gasteiger partial charge in [-0.05, 0) is 53.1 Å². The summed E-state index contributed by atoms with van der Waals surface area (Å²) in [5.41, 5.74) is 7.99. The second-order valence-corrected chi connectivity index (χ2v) is 12.5. The van der Waals surface area contributed by atoms with Crippen molar-refractivity contribution in [1.29, 1.82) is 0 Å². The van der Waals surface area contributed by atoms with Crippen LogP contribution in [0.5, 0.6) is 0 Å². The fraction of sp³-hybridized carbons (Fsp3) is 0.303. The van der Waals surface area contributed by atoms with Gasteiger partial charge in [-0.3, -0.25) is 5.04 Å². The maximum Gasteiger partial charge on any atom is 0.210 e. The summed E-state index contributed by atoms with van der Waals surface area (Å²) in [4.78, 5) is 2.40. The van der Waals surface area contributed by atoms with E-state index in [1.54, 1.807) is 6.26 Å². The van der Waals surface area contributed by atoms with Crippen LogP contribution in [0, 0.1) is 0 Å². The Balaban J connectivity index is 0.000000421. The van der Waals surface area contributed by atoms with Crippen LogP contribution in [0.4, 0.5) is 11.4 Å². The molecule has 0 bridgehead atoms. The Hall–Kier alpha value is -1.99. The van der Waals surface area contributed by atoms with Crippen molar-refractivity contribution in [3.63, 3.8) is 0 Å². The molecule has 2 heterocycles. The summed E-state index contributed by atoms with van der Waals surface area (Å²) in [6.07, 6.45) is 4.04. The van der Waals surface area contributed by atoms with Gasteiger partial charge < -0.3 is 18.9 Å². The molecule has 0 aliphatic carbocycles. The Morgan fingerprint density at radius 3 is 1.91 bits per heavy atom. The number of fused-ring (bicyclic) bond motifs is 6. The van der Waals surface area contributed by atoms with E-state index in [2.05, 4.69) is 144 Å². The zero-order valence-electron chi connectivity index (χ0n) is 26.2. The molecule has 0 fully saturated rings. The summed E-state index contributed by atoms with van der Waals surface area (Å²) in [5.74, 6) is 0. The monoisotopic (exact) mass is 710 g/mol. The fourth-order valence-electron chi connectivity index (χ4n) is 6.46. The van der Waals surface area contributed by atoms with Crippen LogP contribution in [-0.4, -0.2) is 46.5 Å². The molecule has 11 heteroatoms. The van der Waals surface area contributed by atoms with E-state index in [4.69, 9.17) is 14.0 Å². The van der Waals surface area contributed by atoms with Crippen molar-refractivity contribution in [1.82, 2.24) is 0 Å². The average molecular weight is 711 g/mol. The second-order valence-electron chi connectivity index (χ2n) is 11.3. The van der Waals surface area contributed by atoms with Gasteiger partial charge in [-0.15, -0.1) is 0 Å². The van der Waals surface area contributed by atoms with Crippen molar-refractivity contribution in [2.45, 2.75) is 38.5 Å². The molecule has 0 saturated heterocycles. The second kappa shape index (κ2) is 15.1. The summed E-state index contributed by atoms with van der Waals surface area (Å²) in [7, 11) is 5.53. The van der Waals surface area contributed by atoms with Gasteiger partial charge in [-0.25, -0.2) is 4.21 Å². The van der Waals surface area contributed by atoms with Crippen molar-refractivity contribution in [2.75, 3.05) is 32.4 Å². The molecule has 2 aliphatic rings. The molecule has 6 rings (SSSR count). The molecule has 0 saturated carbocycles. The van der Waals surface area contributed by atoms with Crippen LogP contribution in [0.15, 0.2) is 84.6 Å². The maximum absolute atomic E-state index is 9.15. The first-order valence-corrected chi connectivity index (χ1v) is 15.8. The van der Waals surface area contributed by atoms with Gasteiger partial charge in [0.1, 0.15) is 7.05 Å². The molecule has 1 unspecified atom stereocenters. The number of rotatable bonds is 4. The Morgan fingerprint density at radius 1 is 0.886 bits per heavy atom. The maximum atomic E-state index is 9.15. The van der Waals surface area contributed by atoms with Crippen LogP contribution in [0.2, 0.25) is 0 Å². The summed E-state index contributed by atoms with van der Waals surface area (Å²) in [5, 5.41) is 17.0. The molecule has 8 nitrogen and oxygen atoms in total. The first kappa shape index (κ1) is 36.5. The molecule has 0 spiro atoms. The van der Waals surface area contributed by atoms with E-state index >= 15 is 0 Å². The largest absolute Gasteiger partial charge is 0.750 e. The zero-order valence-corrected chi connectivity index (χ0v) is 30.7. The molecular formula is C33H37N2O6S2Y-. The number of anilines is 1. The number of hydrogen-bond acceptors (Lipinski definition) is 8. The molecule has 4 aromatic rings. The molecule has 0 amide bonds. The quantitative estimate of drug-likeness (QED) is 0.0810. The van der Waals surface area contributed by atoms with Gasteiger partial charge in [0.15, 0.2) is 5.71 Å². The van der Waals surface area contributed by atoms with E-state index in [1.807, 2.05) is 0 Å². The molecule has 4 aromatic carbocycles. The van der Waals surface area contributed by atoms with E-state index in [9.17, 15) is 0 Å². The Morgan fingerprint density at radius 2 is 1.41 bits per heavy atom. The van der Waals surface area contributed by atoms with Crippen LogP contribution in [0.25, 0.3) is 21.5 Å². The average Bonchev–Trinajstić information content (AvgIpc) is 3.32. The molecule has 44 heavy (non-hydrogen) atoms. The number of likely N-dealkylation sites (N-methyl/N-ethyl adjacent to an activating group) is 1. The van der Waals surface area contributed by atoms with Crippen molar-refractivity contribution < 1.29 is 64.9 Å². The molecule has 1 atom stereocenters. The first-order chi connectivity index (χ1) is 20.4. The number of allylic oxidation sites excluding steroid dienone is 2. The van der Waals surface area contributed by atoms with Gasteiger partial charge in [-0.1, -0.05) is 68.4 Å². The molecular weight excluding hydrogens is 673 g/mol. The number of benzene rings is 4. The normalized spacial score (nSPS) is 17.3. The smallest absolute Gasteiger partial charge is 0.210 e. The molecule has 0 aromatic heterocycles. The Bertz CT molecular complexity index is 1740. The third-order valence-electron chi connectivity index (χ3n) is 8.30. The van der Waals surface area contributed by atoms with E-state index in [1.165, 1.54) is 55.5 Å². The zero-order chi connectivity index (χ0) is 31.5. The van der Waals surface area contributed by atoms with Crippen molar-refractivity contribution in [3.8, 4) is 0 Å². The van der Waals surface area contributed by atoms with Gasteiger partial charge in [0.05, 0.1) is 23.9 Å². The van der Waals surface area contributed by atoms with Gasteiger partial charge in [0.25, 0.3) is 0 Å². The van der Waals surface area contributed by atoms with Crippen LogP contribution < -0.4 is 10.2 Å². The summed E-state index contributed by atoms with van der Waals surface area (Å²) >= 11 is -1.46. The van der Waals surface area contributed by atoms with Crippen molar-refractivity contribution >= 4 is 62.0 Å². The minimum Gasteiger partial charge on any atom is -0.750 e. The van der Waals surface area contributed by atoms with Crippen LogP contribution >= 0.6 is 12.0 Å². The molecule has 1 radical (unpaired) electrons. The Labute approximate surface area is 291 Å². The summed E-state index contributed by atoms with van der Waals surface area (Å²) in [6.45, 7) is 9.49. The topological polar surface area (TPSA) is 97.1 Å². The Kier molecular flexibility index (Phi) is 12.5. The standard InChI is InChI=1S/C31H31N2.2CH4O3S.Y/c1-30(2)26(32(5)24-17-15-20-11-7-9-13-22(20)28(24)30)19-27-31(3,4)29-23-14-10-8-12-21(23)16-18-25(29)33(27)6;1-4-5(2)3;1-5-4-3-2;/h7-19H,1-6H3;1H3,(H,2,3);2H,1H3;/q+1;;;/p-2. The van der Waals surface area contributed by atoms with Gasteiger partial charge in [0.2, 0.25) is 5.69 Å². The van der Waals surface area contributed by atoms with E-state index < -0.39 is 11.4 Å². The summed E-state index contributed by atoms with van der Waals surface area (Å²) in [6, 6.07) is 26.6. The minimum absolute atomic E-state index is 0. The molecule has 2 aliphatic heterocycles. The van der Waals surface area contributed by atoms with Gasteiger partial charge in [0, 0.05) is 92.6 Å². The van der Waals surface area contributed by atoms with Crippen LogP contribution in [-0.2, 0) is 68.5 Å². The molecule has 231 valence electrons. The van der Waals surface area contributed by atoms with E-state index in [-0.39, 0.29) is 43.5 Å². The van der Waals surface area contributed by atoms with Crippen LogP contribution in [0.1, 0.15) is 38.8 Å².